The van der Waals surface area contributed by atoms with E-state index in [4.69, 9.17) is 14.2 Å². The Labute approximate surface area is 194 Å². The van der Waals surface area contributed by atoms with Crippen molar-refractivity contribution in [2.75, 3.05) is 19.7 Å². The summed E-state index contributed by atoms with van der Waals surface area (Å²) in [6, 6.07) is 20.4. The third-order valence-corrected chi connectivity index (χ3v) is 6.48. The minimum Gasteiger partial charge on any atom is -0.488 e. The van der Waals surface area contributed by atoms with E-state index in [1.165, 1.54) is 17.7 Å². The number of benzene rings is 2. The zero-order valence-electron chi connectivity index (χ0n) is 18.7. The maximum absolute atomic E-state index is 13.1. The fraction of sp³-hybridized carbons (Fsp3) is 0.370. The molecule has 0 saturated carbocycles. The Balaban J connectivity index is 1.10. The molecule has 0 amide bonds. The normalized spacial score (nSPS) is 20.1. The number of pyridine rings is 1. The molecule has 2 fully saturated rings. The molecule has 0 bridgehead atoms. The first-order valence-electron chi connectivity index (χ1n) is 11.6. The van der Waals surface area contributed by atoms with Gasteiger partial charge in [-0.15, -0.1) is 0 Å². The van der Waals surface area contributed by atoms with Gasteiger partial charge in [-0.05, 0) is 66.9 Å². The van der Waals surface area contributed by atoms with Crippen molar-refractivity contribution < 1.29 is 18.6 Å². The molecule has 1 spiro atoms. The van der Waals surface area contributed by atoms with Crippen molar-refractivity contribution >= 4 is 0 Å². The van der Waals surface area contributed by atoms with E-state index in [-0.39, 0.29) is 17.5 Å². The molecule has 5 rings (SSSR count). The quantitative estimate of drug-likeness (QED) is 0.509. The standard InChI is InChI=1S/C27H29FN2O3/c28-22-7-9-24(10-8-22)33-26-17-27(32-20-26)11-14-30(15-12-27)18-21-4-3-6-25(16-21)31-19-23-5-1-2-13-29-23/h1-10,13,16,26H,11-12,14-15,17-20H2/t26-/m0/s1. The Morgan fingerprint density at radius 3 is 2.64 bits per heavy atom. The molecule has 3 aromatic rings. The summed E-state index contributed by atoms with van der Waals surface area (Å²) in [7, 11) is 0. The van der Waals surface area contributed by atoms with Crippen LogP contribution in [0.5, 0.6) is 11.5 Å². The predicted octanol–water partition coefficient (Wildman–Crippen LogP) is 5.00. The van der Waals surface area contributed by atoms with Crippen LogP contribution in [0.2, 0.25) is 0 Å². The summed E-state index contributed by atoms with van der Waals surface area (Å²) in [5.41, 5.74) is 2.06. The molecule has 1 aromatic heterocycles. The van der Waals surface area contributed by atoms with Gasteiger partial charge in [0.25, 0.3) is 0 Å². The lowest BCUT2D eigenvalue weighted by Crippen LogP contribution is -2.44. The second-order valence-electron chi connectivity index (χ2n) is 8.93. The van der Waals surface area contributed by atoms with Gasteiger partial charge in [0.1, 0.15) is 30.0 Å². The van der Waals surface area contributed by atoms with Crippen LogP contribution < -0.4 is 9.47 Å². The zero-order chi connectivity index (χ0) is 22.5. The molecule has 2 aliphatic rings. The van der Waals surface area contributed by atoms with Gasteiger partial charge in [0.2, 0.25) is 0 Å². The van der Waals surface area contributed by atoms with Gasteiger partial charge in [0, 0.05) is 32.3 Å². The van der Waals surface area contributed by atoms with Crippen LogP contribution in [0.15, 0.2) is 72.9 Å². The Hall–Kier alpha value is -2.96. The summed E-state index contributed by atoms with van der Waals surface area (Å²) < 4.78 is 31.3. The lowest BCUT2D eigenvalue weighted by molar-refractivity contribution is -0.0454. The highest BCUT2D eigenvalue weighted by Gasteiger charge is 2.43. The molecule has 1 atom stereocenters. The Morgan fingerprint density at radius 1 is 1.00 bits per heavy atom. The molecular weight excluding hydrogens is 419 g/mol. The van der Waals surface area contributed by atoms with Crippen molar-refractivity contribution in [2.24, 2.45) is 0 Å². The van der Waals surface area contributed by atoms with E-state index in [0.29, 0.717) is 19.0 Å². The third kappa shape index (κ3) is 5.70. The van der Waals surface area contributed by atoms with Crippen LogP contribution in [0.3, 0.4) is 0 Å². The Kier molecular flexibility index (Phi) is 6.55. The topological polar surface area (TPSA) is 43.8 Å². The fourth-order valence-corrected chi connectivity index (χ4v) is 4.68. The molecule has 3 heterocycles. The fourth-order valence-electron chi connectivity index (χ4n) is 4.68. The van der Waals surface area contributed by atoms with Crippen LogP contribution in [0.4, 0.5) is 4.39 Å². The number of nitrogens with zero attached hydrogens (tertiary/aromatic N) is 2. The van der Waals surface area contributed by atoms with E-state index in [9.17, 15) is 4.39 Å². The van der Waals surface area contributed by atoms with E-state index in [1.807, 2.05) is 30.3 Å². The molecule has 5 nitrogen and oxygen atoms in total. The second kappa shape index (κ2) is 9.89. The first-order valence-corrected chi connectivity index (χ1v) is 11.6. The van der Waals surface area contributed by atoms with Crippen molar-refractivity contribution in [2.45, 2.75) is 44.1 Å². The summed E-state index contributed by atoms with van der Waals surface area (Å²) in [6.45, 7) is 3.93. The molecule has 2 aliphatic heterocycles. The van der Waals surface area contributed by atoms with Crippen LogP contribution >= 0.6 is 0 Å². The highest BCUT2D eigenvalue weighted by molar-refractivity contribution is 5.29. The zero-order valence-corrected chi connectivity index (χ0v) is 18.7. The van der Waals surface area contributed by atoms with E-state index < -0.39 is 0 Å². The molecule has 2 aromatic carbocycles. The summed E-state index contributed by atoms with van der Waals surface area (Å²) in [5, 5.41) is 0. The van der Waals surface area contributed by atoms with Gasteiger partial charge >= 0.3 is 0 Å². The smallest absolute Gasteiger partial charge is 0.130 e. The molecule has 0 radical (unpaired) electrons. The Morgan fingerprint density at radius 2 is 1.85 bits per heavy atom. The van der Waals surface area contributed by atoms with Crippen LogP contribution in [0.25, 0.3) is 0 Å². The molecular formula is C27H29FN2O3. The summed E-state index contributed by atoms with van der Waals surface area (Å²) in [5.74, 6) is 1.32. The van der Waals surface area contributed by atoms with Crippen molar-refractivity contribution in [3.05, 3.63) is 90.0 Å². The van der Waals surface area contributed by atoms with Gasteiger partial charge in [0.15, 0.2) is 0 Å². The lowest BCUT2D eigenvalue weighted by Gasteiger charge is -2.38. The lowest BCUT2D eigenvalue weighted by atomic mass is 9.88. The van der Waals surface area contributed by atoms with Gasteiger partial charge in [-0.1, -0.05) is 18.2 Å². The van der Waals surface area contributed by atoms with E-state index in [1.54, 1.807) is 18.3 Å². The number of halogens is 1. The number of hydrogen-bond donors (Lipinski definition) is 0. The first kappa shape index (κ1) is 21.9. The van der Waals surface area contributed by atoms with E-state index in [0.717, 1.165) is 50.3 Å². The largest absolute Gasteiger partial charge is 0.488 e. The number of rotatable bonds is 7. The molecule has 2 saturated heterocycles. The van der Waals surface area contributed by atoms with Gasteiger partial charge < -0.3 is 14.2 Å². The average molecular weight is 449 g/mol. The molecule has 33 heavy (non-hydrogen) atoms. The molecule has 0 N–H and O–H groups in total. The van der Waals surface area contributed by atoms with Gasteiger partial charge in [-0.25, -0.2) is 4.39 Å². The number of piperidine rings is 1. The molecule has 172 valence electrons. The third-order valence-electron chi connectivity index (χ3n) is 6.48. The van der Waals surface area contributed by atoms with Gasteiger partial charge in [-0.2, -0.15) is 0 Å². The van der Waals surface area contributed by atoms with Gasteiger partial charge in [0.05, 0.1) is 17.9 Å². The summed E-state index contributed by atoms with van der Waals surface area (Å²) >= 11 is 0. The SMILES string of the molecule is Fc1ccc(O[C@@H]2COC3(CCN(Cc4cccc(OCc5ccccn5)c4)CC3)C2)cc1. The number of likely N-dealkylation sites (tertiary alicyclic amines) is 1. The first-order chi connectivity index (χ1) is 16.2. The number of ether oxygens (including phenoxy) is 3. The maximum atomic E-state index is 13.1. The molecule has 6 heteroatoms. The van der Waals surface area contributed by atoms with Crippen molar-refractivity contribution in [1.29, 1.82) is 0 Å². The molecule has 0 aliphatic carbocycles. The summed E-state index contributed by atoms with van der Waals surface area (Å²) in [6.07, 6.45) is 4.67. The van der Waals surface area contributed by atoms with Crippen LogP contribution in [0, 0.1) is 5.82 Å². The Bertz CT molecular complexity index is 1040. The van der Waals surface area contributed by atoms with E-state index in [2.05, 4.69) is 22.0 Å². The van der Waals surface area contributed by atoms with E-state index >= 15 is 0 Å². The van der Waals surface area contributed by atoms with Crippen molar-refractivity contribution in [1.82, 2.24) is 9.88 Å². The van der Waals surface area contributed by atoms with Crippen LogP contribution in [-0.4, -0.2) is 41.3 Å². The highest BCUT2D eigenvalue weighted by Crippen LogP contribution is 2.37. The molecule has 0 unspecified atom stereocenters. The van der Waals surface area contributed by atoms with Gasteiger partial charge in [-0.3, -0.25) is 9.88 Å². The van der Waals surface area contributed by atoms with Crippen LogP contribution in [-0.2, 0) is 17.9 Å². The maximum Gasteiger partial charge on any atom is 0.130 e. The minimum atomic E-state index is -0.251. The average Bonchev–Trinajstić information content (AvgIpc) is 3.24. The number of hydrogen-bond acceptors (Lipinski definition) is 5. The second-order valence-corrected chi connectivity index (χ2v) is 8.93. The highest BCUT2D eigenvalue weighted by atomic mass is 19.1. The van der Waals surface area contributed by atoms with Crippen molar-refractivity contribution in [3.63, 3.8) is 0 Å². The minimum absolute atomic E-state index is 0.0231. The predicted molar refractivity (Wildman–Crippen MR) is 124 cm³/mol. The monoisotopic (exact) mass is 448 g/mol. The summed E-state index contributed by atoms with van der Waals surface area (Å²) in [4.78, 5) is 6.78. The number of aromatic nitrogens is 1. The van der Waals surface area contributed by atoms with Crippen LogP contribution in [0.1, 0.15) is 30.5 Å². The van der Waals surface area contributed by atoms with Crippen molar-refractivity contribution in [3.8, 4) is 11.5 Å².